The van der Waals surface area contributed by atoms with E-state index < -0.39 is 0 Å². The summed E-state index contributed by atoms with van der Waals surface area (Å²) < 4.78 is 7.95. The topological polar surface area (TPSA) is 12.5 Å². The highest BCUT2D eigenvalue weighted by Crippen LogP contribution is 2.52. The lowest BCUT2D eigenvalue weighted by atomic mass is 9.62. The van der Waals surface area contributed by atoms with Crippen molar-refractivity contribution in [2.75, 3.05) is 26.2 Å². The molecule has 2 nitrogen and oxygen atoms in total. The Morgan fingerprint density at radius 3 is 2.52 bits per heavy atom. The van der Waals surface area contributed by atoms with Crippen molar-refractivity contribution in [1.29, 1.82) is 0 Å². The summed E-state index contributed by atoms with van der Waals surface area (Å²) in [4.78, 5) is 2.76. The van der Waals surface area contributed by atoms with Gasteiger partial charge in [0.2, 0.25) is 0 Å². The molecule has 1 unspecified atom stereocenters. The third-order valence-electron chi connectivity index (χ3n) is 6.15. The first kappa shape index (κ1) is 16.3. The zero-order valence-corrected chi connectivity index (χ0v) is 16.3. The van der Waals surface area contributed by atoms with Crippen LogP contribution in [0.2, 0.25) is 0 Å². The summed E-state index contributed by atoms with van der Waals surface area (Å²) in [6.45, 7) is 6.79. The van der Waals surface area contributed by atoms with Crippen LogP contribution in [0, 0.1) is 21.3 Å². The molecule has 3 heteroatoms. The molecule has 3 fully saturated rings. The maximum atomic E-state index is 6.62. The quantitative estimate of drug-likeness (QED) is 0.636. The first-order valence-corrected chi connectivity index (χ1v) is 10.4. The highest BCUT2D eigenvalue weighted by molar-refractivity contribution is 14.1. The molecule has 1 aliphatic heterocycles. The first-order valence-electron chi connectivity index (χ1n) is 9.34. The third kappa shape index (κ3) is 3.09. The minimum atomic E-state index is -0.0335. The van der Waals surface area contributed by atoms with E-state index in [1.54, 1.807) is 0 Å². The highest BCUT2D eigenvalue weighted by Gasteiger charge is 2.53. The molecule has 126 valence electrons. The minimum absolute atomic E-state index is 0.0335. The average molecular weight is 425 g/mol. The van der Waals surface area contributed by atoms with Gasteiger partial charge in [-0.05, 0) is 78.8 Å². The third-order valence-corrected chi connectivity index (χ3v) is 6.82. The van der Waals surface area contributed by atoms with Crippen LogP contribution in [0.5, 0.6) is 0 Å². The number of hydrogen-bond acceptors (Lipinski definition) is 2. The van der Waals surface area contributed by atoms with E-state index in [0.717, 1.165) is 12.5 Å². The van der Waals surface area contributed by atoms with E-state index in [0.29, 0.717) is 11.8 Å². The van der Waals surface area contributed by atoms with Crippen molar-refractivity contribution in [3.05, 3.63) is 33.4 Å². The number of halogens is 1. The van der Waals surface area contributed by atoms with Crippen LogP contribution < -0.4 is 0 Å². The summed E-state index contributed by atoms with van der Waals surface area (Å²) in [6.07, 6.45) is 6.94. The molecule has 3 aliphatic rings. The molecule has 1 heterocycles. The van der Waals surface area contributed by atoms with Crippen molar-refractivity contribution in [3.63, 3.8) is 0 Å². The molecule has 0 amide bonds. The number of likely N-dealkylation sites (tertiary alicyclic amines) is 1. The number of piperidine rings is 1. The Morgan fingerprint density at radius 1 is 1.17 bits per heavy atom. The van der Waals surface area contributed by atoms with Gasteiger partial charge in [-0.1, -0.05) is 18.6 Å². The Hall–Kier alpha value is -0.130. The standard InChI is InChI=1S/C20H28INO/c1-2-23-20(16-5-4-8-19(21)11-16)17-6-3-7-18(20)14-22(13-17)12-15-9-10-15/h4-5,8,11,15,17-18H,2-3,6-7,9-10,12-14H2,1H3/t17-,18+,20?. The molecular formula is C20H28INO. The van der Waals surface area contributed by atoms with Gasteiger partial charge in [-0.25, -0.2) is 0 Å². The molecule has 4 rings (SSSR count). The zero-order chi connectivity index (χ0) is 15.9. The summed E-state index contributed by atoms with van der Waals surface area (Å²) in [6, 6.07) is 9.10. The van der Waals surface area contributed by atoms with Gasteiger partial charge >= 0.3 is 0 Å². The van der Waals surface area contributed by atoms with Gasteiger partial charge in [0.25, 0.3) is 0 Å². The van der Waals surface area contributed by atoms with E-state index in [9.17, 15) is 0 Å². The summed E-state index contributed by atoms with van der Waals surface area (Å²) >= 11 is 2.44. The molecule has 2 saturated carbocycles. The second-order valence-electron chi connectivity index (χ2n) is 7.72. The van der Waals surface area contributed by atoms with Gasteiger partial charge < -0.3 is 9.64 Å². The lowest BCUT2D eigenvalue weighted by Crippen LogP contribution is -2.59. The summed E-state index contributed by atoms with van der Waals surface area (Å²) in [5.74, 6) is 2.31. The van der Waals surface area contributed by atoms with E-state index in [2.05, 4.69) is 58.7 Å². The second kappa shape index (κ2) is 6.64. The number of ether oxygens (including phenoxy) is 1. The van der Waals surface area contributed by atoms with Crippen LogP contribution in [0.3, 0.4) is 0 Å². The summed E-state index contributed by atoms with van der Waals surface area (Å²) in [5, 5.41) is 0. The van der Waals surface area contributed by atoms with Crippen molar-refractivity contribution < 1.29 is 4.74 Å². The van der Waals surface area contributed by atoms with Gasteiger partial charge in [0.05, 0.1) is 0 Å². The summed E-state index contributed by atoms with van der Waals surface area (Å²) in [7, 11) is 0. The Balaban J connectivity index is 1.67. The van der Waals surface area contributed by atoms with Crippen molar-refractivity contribution in [2.24, 2.45) is 17.8 Å². The molecule has 1 saturated heterocycles. The van der Waals surface area contributed by atoms with Gasteiger partial charge in [-0.3, -0.25) is 0 Å². The molecule has 0 aromatic heterocycles. The summed E-state index contributed by atoms with van der Waals surface area (Å²) in [5.41, 5.74) is 1.40. The van der Waals surface area contributed by atoms with Crippen LogP contribution in [-0.2, 0) is 10.3 Å². The molecule has 23 heavy (non-hydrogen) atoms. The number of hydrogen-bond donors (Lipinski definition) is 0. The van der Waals surface area contributed by atoms with Gasteiger partial charge in [0.1, 0.15) is 5.60 Å². The van der Waals surface area contributed by atoms with Crippen molar-refractivity contribution in [3.8, 4) is 0 Å². The maximum absolute atomic E-state index is 6.62. The SMILES string of the molecule is CCOC1(c2cccc(I)c2)[C@@H]2CCC[C@H]1CN(CC1CC1)C2. The first-order chi connectivity index (χ1) is 11.2. The van der Waals surface area contributed by atoms with Crippen LogP contribution in [0.1, 0.15) is 44.6 Å². The fourth-order valence-corrected chi connectivity index (χ4v) is 5.64. The van der Waals surface area contributed by atoms with Crippen LogP contribution >= 0.6 is 22.6 Å². The maximum Gasteiger partial charge on any atom is 0.101 e. The highest BCUT2D eigenvalue weighted by atomic mass is 127. The van der Waals surface area contributed by atoms with Crippen molar-refractivity contribution in [2.45, 2.75) is 44.6 Å². The fourth-order valence-electron chi connectivity index (χ4n) is 5.10. The normalized spacial score (nSPS) is 34.5. The molecule has 0 spiro atoms. The predicted octanol–water partition coefficient (Wildman–Crippen LogP) is 4.66. The van der Waals surface area contributed by atoms with Gasteiger partial charge in [0.15, 0.2) is 0 Å². The zero-order valence-electron chi connectivity index (χ0n) is 14.1. The fraction of sp³-hybridized carbons (Fsp3) is 0.700. The lowest BCUT2D eigenvalue weighted by molar-refractivity contribution is -0.183. The molecule has 2 aliphatic carbocycles. The van der Waals surface area contributed by atoms with E-state index in [1.165, 1.54) is 60.9 Å². The van der Waals surface area contributed by atoms with Gasteiger partial charge in [-0.15, -0.1) is 0 Å². The van der Waals surface area contributed by atoms with Crippen molar-refractivity contribution in [1.82, 2.24) is 4.90 Å². The molecular weight excluding hydrogens is 397 g/mol. The number of fused-ring (bicyclic) bond motifs is 2. The van der Waals surface area contributed by atoms with Gasteiger partial charge in [0, 0.05) is 41.6 Å². The second-order valence-corrected chi connectivity index (χ2v) is 8.97. The van der Waals surface area contributed by atoms with E-state index in [-0.39, 0.29) is 5.60 Å². The Labute approximate surface area is 154 Å². The monoisotopic (exact) mass is 425 g/mol. The molecule has 0 radical (unpaired) electrons. The molecule has 2 bridgehead atoms. The Morgan fingerprint density at radius 2 is 1.91 bits per heavy atom. The number of benzene rings is 1. The van der Waals surface area contributed by atoms with E-state index in [1.807, 2.05) is 0 Å². The number of rotatable bonds is 5. The molecule has 3 atom stereocenters. The molecule has 0 N–H and O–H groups in total. The molecule has 1 aromatic rings. The average Bonchev–Trinajstić information content (AvgIpc) is 3.32. The molecule has 1 aromatic carbocycles. The van der Waals surface area contributed by atoms with Crippen molar-refractivity contribution >= 4 is 22.6 Å². The van der Waals surface area contributed by atoms with Crippen LogP contribution in [0.25, 0.3) is 0 Å². The smallest absolute Gasteiger partial charge is 0.101 e. The Bertz CT molecular complexity index is 542. The number of nitrogens with zero attached hydrogens (tertiary/aromatic N) is 1. The van der Waals surface area contributed by atoms with Crippen LogP contribution in [0.4, 0.5) is 0 Å². The largest absolute Gasteiger partial charge is 0.370 e. The van der Waals surface area contributed by atoms with E-state index >= 15 is 0 Å². The minimum Gasteiger partial charge on any atom is -0.370 e. The Kier molecular flexibility index (Phi) is 4.72. The van der Waals surface area contributed by atoms with Crippen LogP contribution in [-0.4, -0.2) is 31.1 Å². The lowest BCUT2D eigenvalue weighted by Gasteiger charge is -2.56. The van der Waals surface area contributed by atoms with Gasteiger partial charge in [-0.2, -0.15) is 0 Å². The van der Waals surface area contributed by atoms with Crippen LogP contribution in [0.15, 0.2) is 24.3 Å². The predicted molar refractivity (Wildman–Crippen MR) is 102 cm³/mol. The van der Waals surface area contributed by atoms with E-state index in [4.69, 9.17) is 4.74 Å².